The number of carbonyl (C=O) groups excluding carboxylic acids is 1. The Bertz CT molecular complexity index is 1020. The van der Waals surface area contributed by atoms with E-state index in [1.807, 2.05) is 12.1 Å². The number of pyridine rings is 1. The predicted molar refractivity (Wildman–Crippen MR) is 105 cm³/mol. The van der Waals surface area contributed by atoms with Crippen LogP contribution in [-0.4, -0.2) is 29.5 Å². The number of thioether (sulfide) groups is 1. The summed E-state index contributed by atoms with van der Waals surface area (Å²) in [5.74, 6) is -0.570. The van der Waals surface area contributed by atoms with Gasteiger partial charge in [-0.15, -0.1) is 11.8 Å². The molecule has 2 heterocycles. The van der Waals surface area contributed by atoms with Crippen molar-refractivity contribution in [2.75, 3.05) is 12.4 Å². The zero-order valence-corrected chi connectivity index (χ0v) is 16.3. The summed E-state index contributed by atoms with van der Waals surface area (Å²) >= 11 is 1.02. The van der Waals surface area contributed by atoms with Gasteiger partial charge >= 0.3 is 12.1 Å². The lowest BCUT2D eigenvalue weighted by Crippen LogP contribution is -2.42. The Morgan fingerprint density at radius 2 is 2.10 bits per heavy atom. The predicted octanol–water partition coefficient (Wildman–Crippen LogP) is 5.88. The number of hydrogen-bond acceptors (Lipinski definition) is 5. The summed E-state index contributed by atoms with van der Waals surface area (Å²) in [7, 11) is 0. The third kappa shape index (κ3) is 4.82. The molecule has 0 aliphatic carbocycles. The zero-order valence-electron chi connectivity index (χ0n) is 15.5. The number of halogens is 3. The van der Waals surface area contributed by atoms with Gasteiger partial charge in [0.15, 0.2) is 0 Å². The molecule has 0 saturated carbocycles. The van der Waals surface area contributed by atoms with Crippen LogP contribution in [-0.2, 0) is 9.53 Å². The molecule has 0 fully saturated rings. The molecule has 0 N–H and O–H groups in total. The molecule has 0 saturated heterocycles. The fraction of sp³-hybridized carbons (Fsp3) is 0.238. The molecule has 29 heavy (non-hydrogen) atoms. The van der Waals surface area contributed by atoms with Crippen LogP contribution in [0.5, 0.6) is 0 Å². The number of esters is 1. The molecular formula is C21H18F3NO3S. The van der Waals surface area contributed by atoms with Crippen LogP contribution in [0.3, 0.4) is 0 Å². The average molecular weight is 421 g/mol. The van der Waals surface area contributed by atoms with Gasteiger partial charge in [-0.05, 0) is 43.3 Å². The van der Waals surface area contributed by atoms with E-state index in [1.165, 1.54) is 0 Å². The van der Waals surface area contributed by atoms with Crippen LogP contribution < -0.4 is 0 Å². The van der Waals surface area contributed by atoms with Crippen molar-refractivity contribution in [2.45, 2.75) is 18.0 Å². The number of hydrogen-bond donors (Lipinski definition) is 0. The molecule has 1 unspecified atom stereocenters. The third-order valence-corrected chi connectivity index (χ3v) is 5.75. The molecule has 0 aliphatic heterocycles. The highest BCUT2D eigenvalue weighted by Gasteiger charge is 2.52. The molecule has 0 spiro atoms. The topological polar surface area (TPSA) is 52.3 Å². The van der Waals surface area contributed by atoms with E-state index in [0.29, 0.717) is 16.2 Å². The van der Waals surface area contributed by atoms with Crippen molar-refractivity contribution >= 4 is 28.7 Å². The molecule has 3 rings (SSSR count). The summed E-state index contributed by atoms with van der Waals surface area (Å²) in [5.41, 5.74) is -0.817. The Morgan fingerprint density at radius 3 is 2.76 bits per heavy atom. The van der Waals surface area contributed by atoms with Gasteiger partial charge in [0.25, 0.3) is 0 Å². The fourth-order valence-corrected chi connectivity index (χ4v) is 3.58. The summed E-state index contributed by atoms with van der Waals surface area (Å²) in [4.78, 5) is 15.9. The first-order valence-corrected chi connectivity index (χ1v) is 9.63. The van der Waals surface area contributed by atoms with E-state index in [0.717, 1.165) is 35.7 Å². The lowest BCUT2D eigenvalue weighted by atomic mass is 9.94. The summed E-state index contributed by atoms with van der Waals surface area (Å²) in [6.45, 7) is 3.45. The second-order valence-electron chi connectivity index (χ2n) is 6.71. The molecule has 0 amide bonds. The van der Waals surface area contributed by atoms with Crippen LogP contribution in [0.1, 0.15) is 6.92 Å². The molecule has 0 radical (unpaired) electrons. The summed E-state index contributed by atoms with van der Waals surface area (Å²) in [6.07, 6.45) is -0.365. The van der Waals surface area contributed by atoms with E-state index in [4.69, 9.17) is 4.42 Å². The fourth-order valence-electron chi connectivity index (χ4n) is 2.49. The van der Waals surface area contributed by atoms with Gasteiger partial charge in [-0.2, -0.15) is 13.2 Å². The average Bonchev–Trinajstić information content (AvgIpc) is 3.13. The van der Waals surface area contributed by atoms with E-state index in [9.17, 15) is 18.0 Å². The number of ether oxygens (including phenoxy) is 1. The van der Waals surface area contributed by atoms with Crippen molar-refractivity contribution in [1.82, 2.24) is 4.98 Å². The largest absolute Gasteiger partial charge is 0.462 e. The minimum atomic E-state index is -4.54. The van der Waals surface area contributed by atoms with E-state index >= 15 is 0 Å². The molecule has 152 valence electrons. The molecular weight excluding hydrogens is 403 g/mol. The van der Waals surface area contributed by atoms with E-state index in [2.05, 4.69) is 16.3 Å². The van der Waals surface area contributed by atoms with Gasteiger partial charge in [0.2, 0.25) is 0 Å². The summed E-state index contributed by atoms with van der Waals surface area (Å²) < 4.78 is 51.2. The molecule has 8 heteroatoms. The first-order chi connectivity index (χ1) is 13.7. The van der Waals surface area contributed by atoms with Crippen LogP contribution in [0.25, 0.3) is 22.3 Å². The normalized spacial score (nSPS) is 13.8. The first kappa shape index (κ1) is 21.0. The number of aromatic nitrogens is 1. The quantitative estimate of drug-likeness (QED) is 0.271. The maximum atomic E-state index is 13.6. The molecule has 0 bridgehead atoms. The standard InChI is InChI=1S/C21H18F3NO3S/c1-3-19(26)27-12-20(2,21(22,23)24)13-29-16-7-6-14-9-17(28-18(14)10-16)15-5-4-8-25-11-15/h3-11H,1,12-13H2,2H3. The smallest absolute Gasteiger partial charge is 0.398 e. The first-order valence-electron chi connectivity index (χ1n) is 8.64. The van der Waals surface area contributed by atoms with Gasteiger partial charge in [0, 0.05) is 40.1 Å². The van der Waals surface area contributed by atoms with E-state index in [-0.39, 0.29) is 5.75 Å². The van der Waals surface area contributed by atoms with Gasteiger partial charge in [-0.1, -0.05) is 6.58 Å². The maximum Gasteiger partial charge on any atom is 0.398 e. The lowest BCUT2D eigenvalue weighted by Gasteiger charge is -2.30. The second-order valence-corrected chi connectivity index (χ2v) is 7.76. The van der Waals surface area contributed by atoms with Crippen molar-refractivity contribution in [2.24, 2.45) is 5.41 Å². The highest BCUT2D eigenvalue weighted by Crippen LogP contribution is 2.43. The molecule has 0 aliphatic rings. The van der Waals surface area contributed by atoms with Crippen LogP contribution in [0, 0.1) is 5.41 Å². The zero-order chi connectivity index (χ0) is 21.1. The van der Waals surface area contributed by atoms with Gasteiger partial charge < -0.3 is 9.15 Å². The van der Waals surface area contributed by atoms with Gasteiger partial charge in [-0.3, -0.25) is 4.98 Å². The van der Waals surface area contributed by atoms with Gasteiger partial charge in [0.05, 0.1) is 0 Å². The Morgan fingerprint density at radius 1 is 1.31 bits per heavy atom. The highest BCUT2D eigenvalue weighted by molar-refractivity contribution is 7.99. The Hall–Kier alpha value is -2.74. The molecule has 1 aromatic carbocycles. The molecule has 2 aromatic heterocycles. The summed E-state index contributed by atoms with van der Waals surface area (Å²) in [6, 6.07) is 10.7. The number of furan rings is 1. The number of rotatable bonds is 7. The maximum absolute atomic E-state index is 13.6. The van der Waals surface area contributed by atoms with Crippen LogP contribution in [0.2, 0.25) is 0 Å². The van der Waals surface area contributed by atoms with Gasteiger partial charge in [-0.25, -0.2) is 4.79 Å². The lowest BCUT2D eigenvalue weighted by molar-refractivity contribution is -0.223. The van der Waals surface area contributed by atoms with Crippen molar-refractivity contribution in [3.05, 3.63) is 61.4 Å². The summed E-state index contributed by atoms with van der Waals surface area (Å²) in [5, 5.41) is 0.840. The van der Waals surface area contributed by atoms with Crippen LogP contribution in [0.4, 0.5) is 13.2 Å². The van der Waals surface area contributed by atoms with Crippen molar-refractivity contribution in [3.8, 4) is 11.3 Å². The number of alkyl halides is 3. The highest BCUT2D eigenvalue weighted by atomic mass is 32.2. The van der Waals surface area contributed by atoms with Crippen molar-refractivity contribution in [1.29, 1.82) is 0 Å². The number of nitrogens with zero attached hydrogens (tertiary/aromatic N) is 1. The molecule has 4 nitrogen and oxygen atoms in total. The number of carbonyl (C=O) groups is 1. The van der Waals surface area contributed by atoms with Crippen LogP contribution in [0.15, 0.2) is 70.8 Å². The van der Waals surface area contributed by atoms with Crippen LogP contribution >= 0.6 is 11.8 Å². The van der Waals surface area contributed by atoms with Crippen molar-refractivity contribution < 1.29 is 27.1 Å². The molecule has 3 aromatic rings. The Kier molecular flexibility index (Phi) is 6.02. The van der Waals surface area contributed by atoms with E-state index < -0.39 is 24.2 Å². The monoisotopic (exact) mass is 421 g/mol. The number of benzene rings is 1. The van der Waals surface area contributed by atoms with E-state index in [1.54, 1.807) is 36.7 Å². The minimum Gasteiger partial charge on any atom is -0.462 e. The Labute approximate surface area is 169 Å². The van der Waals surface area contributed by atoms with Gasteiger partial charge in [0.1, 0.15) is 23.4 Å². The Balaban J connectivity index is 1.77. The SMILES string of the molecule is C=CC(=O)OCC(C)(CSc1ccc2cc(-c3cccnc3)oc2c1)C(F)(F)F. The van der Waals surface area contributed by atoms with Crippen molar-refractivity contribution in [3.63, 3.8) is 0 Å². The third-order valence-electron chi connectivity index (χ3n) is 4.38. The minimum absolute atomic E-state index is 0.317. The molecule has 1 atom stereocenters. The second kappa shape index (κ2) is 8.32. The number of fused-ring (bicyclic) bond motifs is 1.